The van der Waals surface area contributed by atoms with E-state index in [0.717, 1.165) is 5.57 Å². The lowest BCUT2D eigenvalue weighted by molar-refractivity contribution is -0.291. The van der Waals surface area contributed by atoms with Crippen LogP contribution in [0.15, 0.2) is 94.7 Å². The van der Waals surface area contributed by atoms with Crippen molar-refractivity contribution in [3.05, 3.63) is 95.1 Å². The van der Waals surface area contributed by atoms with Gasteiger partial charge in [0.2, 0.25) is 0 Å². The zero-order valence-electron chi connectivity index (χ0n) is 30.1. The minimum atomic E-state index is -1.85. The second-order valence-electron chi connectivity index (χ2n) is 14.4. The molecule has 0 unspecified atom stereocenters. The molecule has 4 aliphatic heterocycles. The Morgan fingerprint density at radius 2 is 1.78 bits per heavy atom. The van der Waals surface area contributed by atoms with Crippen molar-refractivity contribution in [3.8, 4) is 0 Å². The number of nitrogens with zero attached hydrogens (tertiary/aromatic N) is 1. The number of carbonyl (C=O) groups excluding carboxylic acids is 2. The van der Waals surface area contributed by atoms with Crippen molar-refractivity contribution in [1.29, 1.82) is 0 Å². The van der Waals surface area contributed by atoms with Gasteiger partial charge in [-0.25, -0.2) is 4.79 Å². The van der Waals surface area contributed by atoms with Crippen LogP contribution in [-0.2, 0) is 38.1 Å². The molecule has 1 aliphatic carbocycles. The molecule has 1 aromatic carbocycles. The number of rotatable bonds is 4. The van der Waals surface area contributed by atoms with Gasteiger partial charge >= 0.3 is 11.9 Å². The third kappa shape index (κ3) is 7.41. The van der Waals surface area contributed by atoms with Crippen molar-refractivity contribution in [2.24, 2.45) is 22.9 Å². The van der Waals surface area contributed by atoms with Gasteiger partial charge in [-0.3, -0.25) is 4.79 Å². The molecule has 2 bridgehead atoms. The van der Waals surface area contributed by atoms with Gasteiger partial charge in [-0.05, 0) is 50.0 Å². The number of oxime groups is 1. The standard InChI is InChI=1S/C40H49NO10/c1-23-17-18-39(50-27(23)5)21-31-20-30(51-39)16-15-25(3)35(49-38(44)33(41-46-6)28-12-8-7-9-13-28)24(2)11-10-14-29-22-47-36-34(42)26(4)19-32(37(43)48-31)40(29,36)45/h7-15,17-19,23-24,27,30-32,34-36,42,45H,16,20-22H2,1-6H3/b11-10+,25-15+,29-14+,41-33-/t23-,24-,27+,30+,31-,32-,34+,35+,36+,39-,40+/m0/s1. The van der Waals surface area contributed by atoms with Gasteiger partial charge in [0.15, 0.2) is 11.5 Å². The second kappa shape index (κ2) is 15.0. The smallest absolute Gasteiger partial charge is 0.361 e. The van der Waals surface area contributed by atoms with Crippen molar-refractivity contribution in [2.75, 3.05) is 13.7 Å². The fourth-order valence-corrected chi connectivity index (χ4v) is 7.68. The van der Waals surface area contributed by atoms with Gasteiger partial charge in [-0.1, -0.05) is 85.8 Å². The highest BCUT2D eigenvalue weighted by atomic mass is 16.7. The number of ether oxygens (including phenoxy) is 5. The fourth-order valence-electron chi connectivity index (χ4n) is 7.68. The van der Waals surface area contributed by atoms with Crippen LogP contribution in [0.3, 0.4) is 0 Å². The molecule has 0 saturated carbocycles. The number of fused-ring (bicyclic) bond motifs is 2. The average Bonchev–Trinajstić information content (AvgIpc) is 3.44. The van der Waals surface area contributed by atoms with E-state index < -0.39 is 59.8 Å². The van der Waals surface area contributed by atoms with E-state index >= 15 is 0 Å². The van der Waals surface area contributed by atoms with Gasteiger partial charge in [-0.2, -0.15) is 0 Å². The van der Waals surface area contributed by atoms with Gasteiger partial charge in [0.05, 0.1) is 18.8 Å². The number of aliphatic hydroxyl groups is 2. The van der Waals surface area contributed by atoms with E-state index in [2.05, 4.69) is 18.2 Å². The number of allylic oxidation sites excluding steroid dienone is 2. The zero-order valence-corrected chi connectivity index (χ0v) is 30.1. The molecule has 2 N–H and O–H groups in total. The largest absolute Gasteiger partial charge is 0.462 e. The maximum Gasteiger partial charge on any atom is 0.361 e. The number of benzene rings is 1. The summed E-state index contributed by atoms with van der Waals surface area (Å²) in [4.78, 5) is 32.8. The monoisotopic (exact) mass is 703 g/mol. The van der Waals surface area contributed by atoms with Crippen LogP contribution in [0.25, 0.3) is 0 Å². The van der Waals surface area contributed by atoms with Crippen LogP contribution in [0.1, 0.15) is 59.4 Å². The summed E-state index contributed by atoms with van der Waals surface area (Å²) in [5.41, 5.74) is 0.459. The van der Waals surface area contributed by atoms with Crippen LogP contribution in [0.4, 0.5) is 0 Å². The van der Waals surface area contributed by atoms with E-state index in [9.17, 15) is 19.8 Å². The Kier molecular flexibility index (Phi) is 10.9. The molecule has 2 fully saturated rings. The third-order valence-corrected chi connectivity index (χ3v) is 10.7. The minimum absolute atomic E-state index is 0.00424. The Bertz CT molecular complexity index is 1660. The topological polar surface area (TPSA) is 142 Å². The highest BCUT2D eigenvalue weighted by molar-refractivity contribution is 6.43. The summed E-state index contributed by atoms with van der Waals surface area (Å²) >= 11 is 0. The molecule has 11 atom stereocenters. The lowest BCUT2D eigenvalue weighted by Crippen LogP contribution is -2.58. The predicted molar refractivity (Wildman–Crippen MR) is 188 cm³/mol. The summed E-state index contributed by atoms with van der Waals surface area (Å²) in [6.45, 7) is 9.59. The van der Waals surface area contributed by atoms with Gasteiger partial charge in [0.25, 0.3) is 0 Å². The van der Waals surface area contributed by atoms with Gasteiger partial charge in [0.1, 0.15) is 43.0 Å². The first-order valence-corrected chi connectivity index (χ1v) is 17.7. The Hall–Kier alpha value is -3.87. The van der Waals surface area contributed by atoms with Crippen molar-refractivity contribution < 1.29 is 48.3 Å². The summed E-state index contributed by atoms with van der Waals surface area (Å²) < 4.78 is 31.5. The molecule has 11 heteroatoms. The summed E-state index contributed by atoms with van der Waals surface area (Å²) in [6.07, 6.45) is 9.87. The lowest BCUT2D eigenvalue weighted by atomic mass is 9.71. The van der Waals surface area contributed by atoms with E-state index in [0.29, 0.717) is 29.6 Å². The van der Waals surface area contributed by atoms with Gasteiger partial charge in [0, 0.05) is 30.2 Å². The van der Waals surface area contributed by atoms with E-state index in [1.54, 1.807) is 49.4 Å². The number of hydrogen-bond acceptors (Lipinski definition) is 11. The molecule has 1 spiro atoms. The van der Waals surface area contributed by atoms with Crippen LogP contribution < -0.4 is 0 Å². The van der Waals surface area contributed by atoms with Crippen molar-refractivity contribution in [2.45, 2.75) is 102 Å². The minimum Gasteiger partial charge on any atom is -0.462 e. The summed E-state index contributed by atoms with van der Waals surface area (Å²) in [5.74, 6) is -3.68. The van der Waals surface area contributed by atoms with Crippen LogP contribution >= 0.6 is 0 Å². The van der Waals surface area contributed by atoms with Gasteiger partial charge in [-0.15, -0.1) is 0 Å². The lowest BCUT2D eigenvalue weighted by Gasteiger charge is -2.46. The quantitative estimate of drug-likeness (QED) is 0.193. The third-order valence-electron chi connectivity index (χ3n) is 10.7. The molecule has 274 valence electrons. The molecular weight excluding hydrogens is 654 g/mol. The van der Waals surface area contributed by atoms with E-state index in [4.69, 9.17) is 28.5 Å². The maximum atomic E-state index is 14.1. The molecule has 1 aromatic rings. The molecule has 2 saturated heterocycles. The van der Waals surface area contributed by atoms with Crippen LogP contribution in [0, 0.1) is 17.8 Å². The molecule has 4 heterocycles. The van der Waals surface area contributed by atoms with E-state index in [1.807, 2.05) is 45.1 Å². The van der Waals surface area contributed by atoms with Crippen molar-refractivity contribution >= 4 is 17.7 Å². The summed E-state index contributed by atoms with van der Waals surface area (Å²) in [6, 6.07) is 8.96. The highest BCUT2D eigenvalue weighted by Crippen LogP contribution is 2.46. The Labute approximate surface area is 299 Å². The van der Waals surface area contributed by atoms with Gasteiger partial charge < -0.3 is 38.7 Å². The van der Waals surface area contributed by atoms with E-state index in [-0.39, 0.29) is 36.7 Å². The molecule has 5 aliphatic rings. The first-order chi connectivity index (χ1) is 24.3. The van der Waals surface area contributed by atoms with Crippen LogP contribution in [0.5, 0.6) is 0 Å². The van der Waals surface area contributed by atoms with E-state index in [1.165, 1.54) is 7.11 Å². The normalized spacial score (nSPS) is 41.3. The number of hydrogen-bond donors (Lipinski definition) is 2. The Morgan fingerprint density at radius 1 is 1.02 bits per heavy atom. The first-order valence-electron chi connectivity index (χ1n) is 17.7. The summed E-state index contributed by atoms with van der Waals surface area (Å²) in [5, 5.41) is 27.3. The van der Waals surface area contributed by atoms with Crippen LogP contribution in [0.2, 0.25) is 0 Å². The Morgan fingerprint density at radius 3 is 2.51 bits per heavy atom. The van der Waals surface area contributed by atoms with Crippen LogP contribution in [-0.4, -0.2) is 89.6 Å². The molecule has 0 aromatic heterocycles. The predicted octanol–water partition coefficient (Wildman–Crippen LogP) is 4.88. The number of aliphatic hydroxyl groups excluding tert-OH is 1. The maximum absolute atomic E-state index is 14.1. The molecule has 0 radical (unpaired) electrons. The van der Waals surface area contributed by atoms with Crippen molar-refractivity contribution in [1.82, 2.24) is 0 Å². The SMILES string of the molecule is CO/N=C(\C(=O)O[C@H]1/C(C)=C/C[C@@H]2C[C@@H](C[C@]3(C=C[C@H](C)[C@@H](C)O3)O2)OC(=O)[C@@H]2C=C(C)[C@@H](O)[C@H]3OC/C(=C\C=C\[C@@H]1C)[C@]32O)c1ccccc1. The molecule has 0 amide bonds. The molecule has 6 rings (SSSR count). The molecule has 11 nitrogen and oxygen atoms in total. The number of esters is 2. The molecular formula is C40H49NO10. The Balaban J connectivity index is 1.40. The second-order valence-corrected chi connectivity index (χ2v) is 14.4. The first kappa shape index (κ1) is 36.9. The number of carbonyl (C=O) groups is 2. The fraction of sp³-hybridized carbons (Fsp3) is 0.525. The molecule has 51 heavy (non-hydrogen) atoms. The summed E-state index contributed by atoms with van der Waals surface area (Å²) in [7, 11) is 1.37. The highest BCUT2D eigenvalue weighted by Gasteiger charge is 2.60. The van der Waals surface area contributed by atoms with Crippen molar-refractivity contribution in [3.63, 3.8) is 0 Å². The zero-order chi connectivity index (χ0) is 36.5. The average molecular weight is 704 g/mol.